The molecule has 1 amide bonds. The normalized spacial score (nSPS) is 17.6. The number of carboxylic acid groups (broad SMARTS) is 1. The summed E-state index contributed by atoms with van der Waals surface area (Å²) in [5.74, 6) is -2.43. The van der Waals surface area contributed by atoms with Crippen LogP contribution in [0.25, 0.3) is 0 Å². The zero-order valence-corrected chi connectivity index (χ0v) is 22.5. The zero-order chi connectivity index (χ0) is 29.3. The van der Waals surface area contributed by atoms with E-state index >= 15 is 4.39 Å². The van der Waals surface area contributed by atoms with Crippen LogP contribution < -0.4 is 15.0 Å². The summed E-state index contributed by atoms with van der Waals surface area (Å²) in [4.78, 5) is 39.5. The number of para-hydroxylation sites is 1. The van der Waals surface area contributed by atoms with E-state index in [9.17, 15) is 19.5 Å². The van der Waals surface area contributed by atoms with Crippen molar-refractivity contribution in [2.45, 2.75) is 39.3 Å². The minimum Gasteiger partial charge on any atom is -0.506 e. The van der Waals surface area contributed by atoms with E-state index in [1.54, 1.807) is 6.07 Å². The van der Waals surface area contributed by atoms with Gasteiger partial charge < -0.3 is 25.0 Å². The maximum Gasteiger partial charge on any atom is 0.415 e. The van der Waals surface area contributed by atoms with E-state index in [0.717, 1.165) is 10.5 Å². The fourth-order valence-electron chi connectivity index (χ4n) is 5.29. The SMILES string of the molecule is CC1(C)CC(=O)C2=C(C1)Nc1c(O)cccc1N(C(=O)OCC(=O)O)C2c1ccc(OCc2ccccc2)cc1F. The molecule has 1 aliphatic carbocycles. The van der Waals surface area contributed by atoms with Crippen LogP contribution in [0.15, 0.2) is 78.0 Å². The van der Waals surface area contributed by atoms with Gasteiger partial charge in [-0.25, -0.2) is 14.0 Å². The lowest BCUT2D eigenvalue weighted by Crippen LogP contribution is -2.40. The third kappa shape index (κ3) is 5.72. The molecule has 0 radical (unpaired) electrons. The highest BCUT2D eigenvalue weighted by Gasteiger charge is 2.45. The summed E-state index contributed by atoms with van der Waals surface area (Å²) >= 11 is 0. The number of carbonyl (C=O) groups is 3. The van der Waals surface area contributed by atoms with Crippen molar-refractivity contribution < 1.29 is 38.5 Å². The van der Waals surface area contributed by atoms with Crippen molar-refractivity contribution in [2.24, 2.45) is 5.41 Å². The number of allylic oxidation sites excluding steroid dienone is 1. The number of Topliss-reactive ketones (excluding diaryl/α,β-unsaturated/α-hetero) is 1. The van der Waals surface area contributed by atoms with Gasteiger partial charge >= 0.3 is 12.1 Å². The number of rotatable bonds is 6. The summed E-state index contributed by atoms with van der Waals surface area (Å²) in [7, 11) is 0. The van der Waals surface area contributed by atoms with Crippen LogP contribution in [0.3, 0.4) is 0 Å². The van der Waals surface area contributed by atoms with E-state index in [-0.39, 0.29) is 52.8 Å². The number of aromatic hydroxyl groups is 1. The summed E-state index contributed by atoms with van der Waals surface area (Å²) in [6.07, 6.45) is -0.623. The van der Waals surface area contributed by atoms with E-state index in [4.69, 9.17) is 14.6 Å². The third-order valence-corrected chi connectivity index (χ3v) is 7.04. The van der Waals surface area contributed by atoms with Gasteiger partial charge in [0.15, 0.2) is 12.4 Å². The zero-order valence-electron chi connectivity index (χ0n) is 22.5. The lowest BCUT2D eigenvalue weighted by Gasteiger charge is -2.36. The molecule has 1 unspecified atom stereocenters. The van der Waals surface area contributed by atoms with Crippen LogP contribution >= 0.6 is 0 Å². The molecule has 10 heteroatoms. The fraction of sp³-hybridized carbons (Fsp3) is 0.258. The van der Waals surface area contributed by atoms with Gasteiger partial charge in [-0.05, 0) is 41.7 Å². The number of halogens is 1. The number of nitrogens with one attached hydrogen (secondary N) is 1. The van der Waals surface area contributed by atoms with Gasteiger partial charge in [-0.2, -0.15) is 0 Å². The molecule has 9 nitrogen and oxygen atoms in total. The molecule has 0 fully saturated rings. The van der Waals surface area contributed by atoms with Gasteiger partial charge in [0.2, 0.25) is 0 Å². The number of ketones is 1. The van der Waals surface area contributed by atoms with Crippen molar-refractivity contribution in [1.82, 2.24) is 0 Å². The van der Waals surface area contributed by atoms with Gasteiger partial charge in [-0.15, -0.1) is 0 Å². The molecule has 212 valence electrons. The van der Waals surface area contributed by atoms with E-state index in [0.29, 0.717) is 12.1 Å². The summed E-state index contributed by atoms with van der Waals surface area (Å²) in [6.45, 7) is 3.09. The molecule has 3 N–H and O–H groups in total. The molecule has 41 heavy (non-hydrogen) atoms. The number of phenolic OH excluding ortho intramolecular Hbond substituents is 1. The minimum absolute atomic E-state index is 0.0251. The van der Waals surface area contributed by atoms with Crippen molar-refractivity contribution in [2.75, 3.05) is 16.8 Å². The van der Waals surface area contributed by atoms with E-state index in [2.05, 4.69) is 5.32 Å². The Morgan fingerprint density at radius 2 is 1.83 bits per heavy atom. The van der Waals surface area contributed by atoms with Crippen LogP contribution in [-0.4, -0.2) is 34.7 Å². The number of hydrogen-bond acceptors (Lipinski definition) is 7. The van der Waals surface area contributed by atoms with Gasteiger partial charge in [0, 0.05) is 29.3 Å². The Morgan fingerprint density at radius 3 is 2.54 bits per heavy atom. The van der Waals surface area contributed by atoms with Crippen molar-refractivity contribution >= 4 is 29.2 Å². The molecule has 3 aromatic rings. The van der Waals surface area contributed by atoms with Crippen molar-refractivity contribution in [3.05, 3.63) is 94.9 Å². The predicted molar refractivity (Wildman–Crippen MR) is 148 cm³/mol. The van der Waals surface area contributed by atoms with Crippen molar-refractivity contribution in [3.63, 3.8) is 0 Å². The third-order valence-electron chi connectivity index (χ3n) is 7.04. The Labute approximate surface area is 235 Å². The predicted octanol–water partition coefficient (Wildman–Crippen LogP) is 5.95. The second-order valence-electron chi connectivity index (χ2n) is 10.8. The van der Waals surface area contributed by atoms with Crippen LogP contribution in [0, 0.1) is 11.2 Å². The van der Waals surface area contributed by atoms with Crippen LogP contribution in [0.4, 0.5) is 20.6 Å². The average molecular weight is 561 g/mol. The Morgan fingerprint density at radius 1 is 1.07 bits per heavy atom. The number of phenols is 1. The van der Waals surface area contributed by atoms with E-state index in [1.807, 2.05) is 44.2 Å². The second kappa shape index (κ2) is 11.0. The summed E-state index contributed by atoms with van der Waals surface area (Å²) in [6, 6.07) is 16.6. The van der Waals surface area contributed by atoms with E-state index < -0.39 is 35.9 Å². The van der Waals surface area contributed by atoms with Crippen LogP contribution in [0.2, 0.25) is 0 Å². The van der Waals surface area contributed by atoms with E-state index in [1.165, 1.54) is 30.3 Å². The van der Waals surface area contributed by atoms with Crippen LogP contribution in [-0.2, 0) is 20.9 Å². The lowest BCUT2D eigenvalue weighted by molar-refractivity contribution is -0.140. The lowest BCUT2D eigenvalue weighted by atomic mass is 9.73. The molecule has 5 rings (SSSR count). The number of fused-ring (bicyclic) bond motifs is 1. The Bertz CT molecular complexity index is 1550. The molecule has 0 aromatic heterocycles. The highest BCUT2D eigenvalue weighted by molar-refractivity contribution is 6.05. The number of carboxylic acids is 1. The van der Waals surface area contributed by atoms with Gasteiger partial charge in [0.05, 0.1) is 11.7 Å². The highest BCUT2D eigenvalue weighted by Crippen LogP contribution is 2.50. The van der Waals surface area contributed by atoms with Gasteiger partial charge in [-0.1, -0.05) is 50.2 Å². The quantitative estimate of drug-likeness (QED) is 0.316. The molecule has 0 saturated carbocycles. The fourth-order valence-corrected chi connectivity index (χ4v) is 5.29. The molecule has 2 aliphatic rings. The van der Waals surface area contributed by atoms with Gasteiger partial charge in [-0.3, -0.25) is 9.69 Å². The Hall–Kier alpha value is -4.86. The standard InChI is InChI=1S/C31H29FN2O7/c1-31(2)14-22-27(25(36)15-31)29(20-12-11-19(13-21(20)32)40-16-18-7-4-3-5-8-18)34(30(39)41-17-26(37)38)23-9-6-10-24(35)28(23)33-22/h3-13,29,33,35H,14-17H2,1-2H3,(H,37,38). The summed E-state index contributed by atoms with van der Waals surface area (Å²) in [5.41, 5.74) is 1.17. The van der Waals surface area contributed by atoms with Crippen LogP contribution in [0.5, 0.6) is 11.5 Å². The number of anilines is 2. The first kappa shape index (κ1) is 27.7. The summed E-state index contributed by atoms with van der Waals surface area (Å²) in [5, 5.41) is 23.0. The summed E-state index contributed by atoms with van der Waals surface area (Å²) < 4.78 is 26.8. The Kier molecular flexibility index (Phi) is 7.40. The van der Waals surface area contributed by atoms with Crippen molar-refractivity contribution in [1.29, 1.82) is 0 Å². The molecule has 0 spiro atoms. The van der Waals surface area contributed by atoms with Gasteiger partial charge in [0.25, 0.3) is 0 Å². The van der Waals surface area contributed by atoms with Crippen molar-refractivity contribution in [3.8, 4) is 11.5 Å². The number of amides is 1. The van der Waals surface area contributed by atoms with Crippen LogP contribution in [0.1, 0.15) is 43.9 Å². The number of carbonyl (C=O) groups excluding carboxylic acids is 2. The molecule has 3 aromatic carbocycles. The topological polar surface area (TPSA) is 125 Å². The molecular weight excluding hydrogens is 531 g/mol. The van der Waals surface area contributed by atoms with Gasteiger partial charge in [0.1, 0.15) is 29.6 Å². The number of nitrogens with zero attached hydrogens (tertiary/aromatic N) is 1. The molecule has 0 saturated heterocycles. The number of hydrogen-bond donors (Lipinski definition) is 3. The molecule has 1 aliphatic heterocycles. The number of benzene rings is 3. The first-order chi connectivity index (χ1) is 19.5. The number of aliphatic carboxylic acids is 1. The average Bonchev–Trinajstić information content (AvgIpc) is 3.06. The Balaban J connectivity index is 1.65. The largest absolute Gasteiger partial charge is 0.506 e. The smallest absolute Gasteiger partial charge is 0.415 e. The number of ether oxygens (including phenoxy) is 2. The molecule has 1 atom stereocenters. The second-order valence-corrected chi connectivity index (χ2v) is 10.8. The maximum atomic E-state index is 16.0. The maximum absolute atomic E-state index is 16.0. The molecule has 0 bridgehead atoms. The molecular formula is C31H29FN2O7. The first-order valence-corrected chi connectivity index (χ1v) is 13.0. The molecule has 1 heterocycles. The first-order valence-electron chi connectivity index (χ1n) is 13.0. The minimum atomic E-state index is -1.39. The monoisotopic (exact) mass is 560 g/mol. The highest BCUT2D eigenvalue weighted by atomic mass is 19.1.